The normalized spacial score (nSPS) is 11.8. The molecule has 0 saturated heterocycles. The summed E-state index contributed by atoms with van der Waals surface area (Å²) in [7, 11) is 3.15. The van der Waals surface area contributed by atoms with Gasteiger partial charge in [0, 0.05) is 6.54 Å². The number of nitrogen functional groups attached to an aromatic ring is 1. The lowest BCUT2D eigenvalue weighted by molar-refractivity contribution is -0.120. The van der Waals surface area contributed by atoms with E-state index in [-0.39, 0.29) is 11.2 Å². The molecule has 124 valence electrons. The molecule has 0 radical (unpaired) electrons. The fourth-order valence-corrected chi connectivity index (χ4v) is 2.62. The lowest BCUT2D eigenvalue weighted by Crippen LogP contribution is -2.30. The molecule has 2 aromatic rings. The van der Waals surface area contributed by atoms with Gasteiger partial charge in [0.15, 0.2) is 11.5 Å². The van der Waals surface area contributed by atoms with Crippen molar-refractivity contribution in [2.45, 2.75) is 23.9 Å². The zero-order valence-corrected chi connectivity index (χ0v) is 14.0. The molecule has 0 unspecified atom stereocenters. The Balaban J connectivity index is 1.92. The van der Waals surface area contributed by atoms with Crippen LogP contribution in [0.2, 0.25) is 0 Å². The van der Waals surface area contributed by atoms with E-state index in [1.807, 2.05) is 12.1 Å². The van der Waals surface area contributed by atoms with Crippen LogP contribution in [-0.4, -0.2) is 40.3 Å². The topological polar surface area (TPSA) is 104 Å². The summed E-state index contributed by atoms with van der Waals surface area (Å²) in [6, 6.07) is 5.50. The number of hydrogen-bond donors (Lipinski definition) is 2. The van der Waals surface area contributed by atoms with Crippen LogP contribution in [0.1, 0.15) is 12.5 Å². The summed E-state index contributed by atoms with van der Waals surface area (Å²) in [6.45, 7) is 2.17. The number of methoxy groups -OCH3 is 2. The maximum absolute atomic E-state index is 12.1. The van der Waals surface area contributed by atoms with E-state index < -0.39 is 0 Å². The number of nitrogens with one attached hydrogen (secondary N) is 1. The van der Waals surface area contributed by atoms with Crippen molar-refractivity contribution < 1.29 is 14.3 Å². The van der Waals surface area contributed by atoms with E-state index in [0.29, 0.717) is 23.2 Å². The summed E-state index contributed by atoms with van der Waals surface area (Å²) >= 11 is 1.24. The molecular formula is C14H19N5O3S. The average molecular weight is 337 g/mol. The molecular weight excluding hydrogens is 318 g/mol. The highest BCUT2D eigenvalue weighted by molar-refractivity contribution is 8.00. The first-order chi connectivity index (χ1) is 11.0. The van der Waals surface area contributed by atoms with E-state index in [4.69, 9.17) is 15.3 Å². The predicted octanol–water partition coefficient (Wildman–Crippen LogP) is 0.806. The van der Waals surface area contributed by atoms with Gasteiger partial charge in [0.05, 0.1) is 19.5 Å². The summed E-state index contributed by atoms with van der Waals surface area (Å²) in [4.78, 5) is 12.1. The van der Waals surface area contributed by atoms with Crippen LogP contribution in [0.15, 0.2) is 29.7 Å². The predicted molar refractivity (Wildman–Crippen MR) is 86.9 cm³/mol. The summed E-state index contributed by atoms with van der Waals surface area (Å²) in [5.74, 6) is 6.78. The van der Waals surface area contributed by atoms with Gasteiger partial charge < -0.3 is 20.6 Å². The van der Waals surface area contributed by atoms with Crippen LogP contribution in [0.25, 0.3) is 0 Å². The van der Waals surface area contributed by atoms with Gasteiger partial charge in [-0.05, 0) is 24.6 Å². The lowest BCUT2D eigenvalue weighted by Gasteiger charge is -2.13. The van der Waals surface area contributed by atoms with Crippen LogP contribution in [0.5, 0.6) is 11.5 Å². The van der Waals surface area contributed by atoms with Crippen molar-refractivity contribution in [3.05, 3.63) is 30.1 Å². The van der Waals surface area contributed by atoms with E-state index in [1.165, 1.54) is 22.8 Å². The van der Waals surface area contributed by atoms with Crippen molar-refractivity contribution in [1.82, 2.24) is 20.2 Å². The molecule has 1 amide bonds. The number of nitrogens with zero attached hydrogens (tertiary/aromatic N) is 3. The van der Waals surface area contributed by atoms with Gasteiger partial charge in [-0.1, -0.05) is 17.8 Å². The van der Waals surface area contributed by atoms with Crippen LogP contribution in [0, 0.1) is 0 Å². The first kappa shape index (κ1) is 16.9. The molecule has 3 N–H and O–H groups in total. The number of aromatic nitrogens is 3. The molecule has 8 nitrogen and oxygen atoms in total. The number of nitrogens with two attached hydrogens (primary N) is 1. The van der Waals surface area contributed by atoms with E-state index in [0.717, 1.165) is 5.56 Å². The number of carbonyl (C=O) groups excluding carboxylic acids is 1. The van der Waals surface area contributed by atoms with Gasteiger partial charge in [-0.3, -0.25) is 4.79 Å². The van der Waals surface area contributed by atoms with E-state index in [2.05, 4.69) is 15.5 Å². The van der Waals surface area contributed by atoms with Crippen molar-refractivity contribution >= 4 is 17.7 Å². The number of carbonyl (C=O) groups is 1. The van der Waals surface area contributed by atoms with Crippen LogP contribution < -0.4 is 20.6 Å². The maximum Gasteiger partial charge on any atom is 0.233 e. The number of benzene rings is 1. The standard InChI is InChI=1S/C14H19N5O3S/c1-9(23-14-18-17-8-19(14)15)13(20)16-7-10-4-5-11(21-2)12(6-10)22-3/h4-6,8-9H,7,15H2,1-3H3,(H,16,20)/t9-/m1/s1. The lowest BCUT2D eigenvalue weighted by atomic mass is 10.2. The molecule has 1 aromatic heterocycles. The third kappa shape index (κ3) is 4.28. The summed E-state index contributed by atoms with van der Waals surface area (Å²) in [5, 5.41) is 10.5. The van der Waals surface area contributed by atoms with Gasteiger partial charge in [0.25, 0.3) is 0 Å². The second kappa shape index (κ2) is 7.73. The number of ether oxygens (including phenoxy) is 2. The average Bonchev–Trinajstić information content (AvgIpc) is 2.97. The van der Waals surface area contributed by atoms with Crippen molar-refractivity contribution in [3.63, 3.8) is 0 Å². The second-order valence-corrected chi connectivity index (χ2v) is 6.00. The molecule has 0 bridgehead atoms. The van der Waals surface area contributed by atoms with Gasteiger partial charge in [-0.15, -0.1) is 10.2 Å². The number of thioether (sulfide) groups is 1. The van der Waals surface area contributed by atoms with Gasteiger partial charge in [0.1, 0.15) is 6.33 Å². The quantitative estimate of drug-likeness (QED) is 0.569. The SMILES string of the molecule is COc1ccc(CNC(=O)[C@@H](C)Sc2nncn2N)cc1OC. The minimum atomic E-state index is -0.346. The molecule has 0 saturated carbocycles. The number of hydrogen-bond acceptors (Lipinski definition) is 7. The maximum atomic E-state index is 12.1. The van der Waals surface area contributed by atoms with Crippen molar-refractivity contribution in [1.29, 1.82) is 0 Å². The fraction of sp³-hybridized carbons (Fsp3) is 0.357. The molecule has 9 heteroatoms. The smallest absolute Gasteiger partial charge is 0.233 e. The van der Waals surface area contributed by atoms with Gasteiger partial charge >= 0.3 is 0 Å². The highest BCUT2D eigenvalue weighted by atomic mass is 32.2. The van der Waals surface area contributed by atoms with Gasteiger partial charge in [-0.2, -0.15) is 0 Å². The molecule has 0 aliphatic carbocycles. The monoisotopic (exact) mass is 337 g/mol. The van der Waals surface area contributed by atoms with E-state index in [9.17, 15) is 4.79 Å². The number of amides is 1. The Labute approximate surface area is 138 Å². The first-order valence-electron chi connectivity index (χ1n) is 6.85. The molecule has 2 rings (SSSR count). The Morgan fingerprint density at radius 1 is 1.39 bits per heavy atom. The molecule has 0 aliphatic heterocycles. The zero-order chi connectivity index (χ0) is 16.8. The third-order valence-corrected chi connectivity index (χ3v) is 4.18. The largest absolute Gasteiger partial charge is 0.493 e. The summed E-state index contributed by atoms with van der Waals surface area (Å²) < 4.78 is 11.7. The highest BCUT2D eigenvalue weighted by Gasteiger charge is 2.17. The summed E-state index contributed by atoms with van der Waals surface area (Å²) in [5.41, 5.74) is 0.912. The molecule has 0 fully saturated rings. The Bertz CT molecular complexity index is 676. The van der Waals surface area contributed by atoms with Crippen molar-refractivity contribution in [2.24, 2.45) is 0 Å². The second-order valence-electron chi connectivity index (χ2n) is 4.69. The Hall–Kier alpha value is -2.42. The van der Waals surface area contributed by atoms with Crippen LogP contribution in [0.4, 0.5) is 0 Å². The Kier molecular flexibility index (Phi) is 5.69. The highest BCUT2D eigenvalue weighted by Crippen LogP contribution is 2.27. The molecule has 1 atom stereocenters. The Morgan fingerprint density at radius 3 is 2.74 bits per heavy atom. The molecule has 1 aromatic carbocycles. The molecule has 0 aliphatic rings. The zero-order valence-electron chi connectivity index (χ0n) is 13.1. The van der Waals surface area contributed by atoms with Crippen molar-refractivity contribution in [2.75, 3.05) is 20.1 Å². The third-order valence-electron chi connectivity index (χ3n) is 3.11. The van der Waals surface area contributed by atoms with E-state index >= 15 is 0 Å². The van der Waals surface area contributed by atoms with Gasteiger partial charge in [-0.25, -0.2) is 4.68 Å². The minimum Gasteiger partial charge on any atom is -0.493 e. The molecule has 23 heavy (non-hydrogen) atoms. The van der Waals surface area contributed by atoms with E-state index in [1.54, 1.807) is 27.2 Å². The first-order valence-corrected chi connectivity index (χ1v) is 7.73. The molecule has 0 spiro atoms. The molecule has 1 heterocycles. The van der Waals surface area contributed by atoms with Crippen LogP contribution >= 0.6 is 11.8 Å². The minimum absolute atomic E-state index is 0.118. The van der Waals surface area contributed by atoms with Crippen LogP contribution in [-0.2, 0) is 11.3 Å². The Morgan fingerprint density at radius 2 is 2.13 bits per heavy atom. The summed E-state index contributed by atoms with van der Waals surface area (Å²) in [6.07, 6.45) is 1.39. The van der Waals surface area contributed by atoms with Gasteiger partial charge in [0.2, 0.25) is 11.1 Å². The van der Waals surface area contributed by atoms with Crippen LogP contribution in [0.3, 0.4) is 0 Å². The fourth-order valence-electron chi connectivity index (χ4n) is 1.85. The number of rotatable bonds is 7. The van der Waals surface area contributed by atoms with Crippen molar-refractivity contribution in [3.8, 4) is 11.5 Å².